The second-order valence-electron chi connectivity index (χ2n) is 2.73. The standard InChI is InChI=1S/C7H13NOS/c1-5(10)8-6-3-7(4-6)9-2/h6-7H,3-4H2,1-2H3,(H,8,10). The van der Waals surface area contributed by atoms with Crippen LogP contribution in [-0.4, -0.2) is 24.2 Å². The lowest BCUT2D eigenvalue weighted by molar-refractivity contribution is 0.0228. The van der Waals surface area contributed by atoms with Gasteiger partial charge in [0.05, 0.1) is 11.1 Å². The molecule has 1 saturated carbocycles. The monoisotopic (exact) mass is 159 g/mol. The molecule has 0 bridgehead atoms. The van der Waals surface area contributed by atoms with Crippen molar-refractivity contribution in [3.8, 4) is 0 Å². The highest BCUT2D eigenvalue weighted by molar-refractivity contribution is 7.80. The highest BCUT2D eigenvalue weighted by Gasteiger charge is 2.28. The third-order valence-corrected chi connectivity index (χ3v) is 1.95. The van der Waals surface area contributed by atoms with Crippen LogP contribution < -0.4 is 5.32 Å². The van der Waals surface area contributed by atoms with Gasteiger partial charge in [-0.25, -0.2) is 0 Å². The first-order valence-electron chi connectivity index (χ1n) is 3.52. The summed E-state index contributed by atoms with van der Waals surface area (Å²) in [6.07, 6.45) is 2.67. The molecule has 0 heterocycles. The van der Waals surface area contributed by atoms with E-state index >= 15 is 0 Å². The second kappa shape index (κ2) is 3.30. The Bertz CT molecular complexity index is 132. The zero-order valence-corrected chi connectivity index (χ0v) is 7.20. The molecule has 0 amide bonds. The lowest BCUT2D eigenvalue weighted by atomic mass is 9.89. The van der Waals surface area contributed by atoms with E-state index < -0.39 is 0 Å². The van der Waals surface area contributed by atoms with Gasteiger partial charge in [-0.05, 0) is 19.8 Å². The van der Waals surface area contributed by atoms with Gasteiger partial charge in [0.15, 0.2) is 0 Å². The largest absolute Gasteiger partial charge is 0.381 e. The Morgan fingerprint density at radius 3 is 2.60 bits per heavy atom. The van der Waals surface area contributed by atoms with Crippen molar-refractivity contribution in [2.75, 3.05) is 7.11 Å². The van der Waals surface area contributed by atoms with E-state index in [0.717, 1.165) is 17.8 Å². The lowest BCUT2D eigenvalue weighted by Gasteiger charge is -2.34. The minimum atomic E-state index is 0.465. The number of methoxy groups -OCH3 is 1. The molecule has 1 fully saturated rings. The summed E-state index contributed by atoms with van der Waals surface area (Å²) in [7, 11) is 1.76. The van der Waals surface area contributed by atoms with Crippen LogP contribution in [0.25, 0.3) is 0 Å². The zero-order chi connectivity index (χ0) is 7.56. The quantitative estimate of drug-likeness (QED) is 0.610. The molecule has 1 rings (SSSR count). The van der Waals surface area contributed by atoms with Crippen molar-refractivity contribution in [3.05, 3.63) is 0 Å². The molecule has 0 radical (unpaired) electrons. The van der Waals surface area contributed by atoms with Crippen LogP contribution >= 0.6 is 12.2 Å². The van der Waals surface area contributed by atoms with Gasteiger partial charge in [0.1, 0.15) is 0 Å². The molecule has 0 saturated heterocycles. The van der Waals surface area contributed by atoms with Crippen molar-refractivity contribution >= 4 is 17.2 Å². The fourth-order valence-electron chi connectivity index (χ4n) is 1.16. The highest BCUT2D eigenvalue weighted by atomic mass is 32.1. The maximum atomic E-state index is 5.11. The Kier molecular flexibility index (Phi) is 2.63. The summed E-state index contributed by atoms with van der Waals surface area (Å²) in [6.45, 7) is 1.91. The van der Waals surface area contributed by atoms with Crippen molar-refractivity contribution in [3.63, 3.8) is 0 Å². The van der Waals surface area contributed by atoms with Gasteiger partial charge in [0.25, 0.3) is 0 Å². The number of ether oxygens (including phenoxy) is 1. The summed E-state index contributed by atoms with van der Waals surface area (Å²) in [5, 5.41) is 3.19. The van der Waals surface area contributed by atoms with Gasteiger partial charge in [-0.2, -0.15) is 0 Å². The predicted octanol–water partition coefficient (Wildman–Crippen LogP) is 1.10. The molecular weight excluding hydrogens is 146 g/mol. The molecule has 58 valence electrons. The second-order valence-corrected chi connectivity index (χ2v) is 3.34. The average molecular weight is 159 g/mol. The minimum Gasteiger partial charge on any atom is -0.381 e. The molecule has 1 N–H and O–H groups in total. The van der Waals surface area contributed by atoms with Crippen molar-refractivity contribution in [1.29, 1.82) is 0 Å². The molecule has 10 heavy (non-hydrogen) atoms. The molecule has 0 aromatic rings. The van der Waals surface area contributed by atoms with E-state index in [1.54, 1.807) is 7.11 Å². The molecule has 0 unspecified atom stereocenters. The maximum Gasteiger partial charge on any atom is 0.0724 e. The number of thiocarbonyl (C=S) groups is 1. The van der Waals surface area contributed by atoms with Crippen LogP contribution in [0.3, 0.4) is 0 Å². The van der Waals surface area contributed by atoms with Crippen LogP contribution in [-0.2, 0) is 4.74 Å². The van der Waals surface area contributed by atoms with E-state index in [-0.39, 0.29) is 0 Å². The smallest absolute Gasteiger partial charge is 0.0724 e. The molecule has 1 aliphatic carbocycles. The van der Waals surface area contributed by atoms with Crippen molar-refractivity contribution in [1.82, 2.24) is 5.32 Å². The number of rotatable bonds is 2. The normalized spacial score (nSPS) is 31.0. The first kappa shape index (κ1) is 7.95. The minimum absolute atomic E-state index is 0.465. The molecule has 0 aromatic carbocycles. The average Bonchev–Trinajstić information content (AvgIpc) is 1.76. The van der Waals surface area contributed by atoms with Crippen LogP contribution in [0.2, 0.25) is 0 Å². The van der Waals surface area contributed by atoms with Gasteiger partial charge >= 0.3 is 0 Å². The zero-order valence-electron chi connectivity index (χ0n) is 6.39. The van der Waals surface area contributed by atoms with Gasteiger partial charge in [-0.1, -0.05) is 12.2 Å². The van der Waals surface area contributed by atoms with Crippen LogP contribution in [0.5, 0.6) is 0 Å². The molecule has 0 aromatic heterocycles. The molecule has 2 nitrogen and oxygen atoms in total. The van der Waals surface area contributed by atoms with Crippen LogP contribution in [0, 0.1) is 0 Å². The predicted molar refractivity (Wildman–Crippen MR) is 45.2 cm³/mol. The number of nitrogens with one attached hydrogen (secondary N) is 1. The third-order valence-electron chi connectivity index (χ3n) is 1.84. The molecule has 1 aliphatic rings. The van der Waals surface area contributed by atoms with E-state index in [1.165, 1.54) is 0 Å². The van der Waals surface area contributed by atoms with E-state index in [9.17, 15) is 0 Å². The third kappa shape index (κ3) is 1.92. The summed E-state index contributed by atoms with van der Waals surface area (Å²) in [6, 6.07) is 0.572. The van der Waals surface area contributed by atoms with Gasteiger partial charge in [0, 0.05) is 13.2 Å². The Morgan fingerprint density at radius 1 is 1.60 bits per heavy atom. The molecule has 0 aliphatic heterocycles. The molecule has 3 heteroatoms. The summed E-state index contributed by atoms with van der Waals surface area (Å²) in [5.74, 6) is 0. The first-order valence-corrected chi connectivity index (χ1v) is 3.93. The highest BCUT2D eigenvalue weighted by Crippen LogP contribution is 2.22. The van der Waals surface area contributed by atoms with E-state index in [1.807, 2.05) is 6.92 Å². The van der Waals surface area contributed by atoms with Crippen molar-refractivity contribution in [2.24, 2.45) is 0 Å². The van der Waals surface area contributed by atoms with Gasteiger partial charge in [-0.3, -0.25) is 0 Å². The number of hydrogen-bond donors (Lipinski definition) is 1. The van der Waals surface area contributed by atoms with Gasteiger partial charge < -0.3 is 10.1 Å². The molecular formula is C7H13NOS. The Labute approximate surface area is 66.9 Å². The van der Waals surface area contributed by atoms with E-state index in [2.05, 4.69) is 5.32 Å². The summed E-state index contributed by atoms with van der Waals surface area (Å²) in [5.41, 5.74) is 0. The fourth-order valence-corrected chi connectivity index (χ4v) is 1.33. The first-order chi connectivity index (χ1) is 4.72. The maximum absolute atomic E-state index is 5.11. The van der Waals surface area contributed by atoms with Crippen molar-refractivity contribution < 1.29 is 4.74 Å². The van der Waals surface area contributed by atoms with Crippen LogP contribution in [0.4, 0.5) is 0 Å². The summed E-state index contributed by atoms with van der Waals surface area (Å²) >= 11 is 4.89. The van der Waals surface area contributed by atoms with E-state index in [0.29, 0.717) is 12.1 Å². The van der Waals surface area contributed by atoms with Crippen LogP contribution in [0.1, 0.15) is 19.8 Å². The van der Waals surface area contributed by atoms with Crippen molar-refractivity contribution in [2.45, 2.75) is 31.9 Å². The SMILES string of the molecule is COC1CC(NC(C)=S)C1. The lowest BCUT2D eigenvalue weighted by Crippen LogP contribution is -2.46. The Balaban J connectivity index is 2.08. The Hall–Kier alpha value is -0.150. The van der Waals surface area contributed by atoms with Gasteiger partial charge in [0.2, 0.25) is 0 Å². The number of hydrogen-bond acceptors (Lipinski definition) is 2. The van der Waals surface area contributed by atoms with Gasteiger partial charge in [-0.15, -0.1) is 0 Å². The topological polar surface area (TPSA) is 21.3 Å². The molecule has 0 atom stereocenters. The summed E-state index contributed by atoms with van der Waals surface area (Å²) < 4.78 is 5.11. The van der Waals surface area contributed by atoms with Crippen LogP contribution in [0.15, 0.2) is 0 Å². The fraction of sp³-hybridized carbons (Fsp3) is 0.857. The van der Waals surface area contributed by atoms with E-state index in [4.69, 9.17) is 17.0 Å². The molecule has 0 spiro atoms. The summed E-state index contributed by atoms with van der Waals surface area (Å²) in [4.78, 5) is 0.888. The Morgan fingerprint density at radius 2 is 2.20 bits per heavy atom.